The molecule has 2 amide bonds. The van der Waals surface area contributed by atoms with E-state index in [0.29, 0.717) is 20.7 Å². The van der Waals surface area contributed by atoms with Gasteiger partial charge in [-0.05, 0) is 36.5 Å². The molecular weight excluding hydrogens is 376 g/mol. The molecule has 0 radical (unpaired) electrons. The van der Waals surface area contributed by atoms with Crippen LogP contribution in [-0.4, -0.2) is 21.4 Å². The van der Waals surface area contributed by atoms with Gasteiger partial charge in [0.25, 0.3) is 11.5 Å². The Morgan fingerprint density at radius 1 is 1.29 bits per heavy atom. The third kappa shape index (κ3) is 3.55. The lowest BCUT2D eigenvalue weighted by molar-refractivity contribution is -0.116. The number of benzene rings is 1. The van der Waals surface area contributed by atoms with Gasteiger partial charge < -0.3 is 11.1 Å². The maximum Gasteiger partial charge on any atom is 0.262 e. The largest absolute Gasteiger partial charge is 0.365 e. The Kier molecular flexibility index (Phi) is 5.33. The van der Waals surface area contributed by atoms with Crippen molar-refractivity contribution in [3.8, 4) is 0 Å². The number of nitrogens with two attached hydrogens (primary N) is 1. The van der Waals surface area contributed by atoms with Crippen molar-refractivity contribution in [3.63, 3.8) is 0 Å². The number of nitrogens with one attached hydrogen (secondary N) is 1. The van der Waals surface area contributed by atoms with Crippen LogP contribution in [0.1, 0.15) is 46.1 Å². The summed E-state index contributed by atoms with van der Waals surface area (Å²) in [4.78, 5) is 41.9. The standard InChI is InChI=1S/C20H22N4O3S/c1-10(2)13-7-5-6-11(3)16(13)23-14(25)8-24-9-22-19-15(20(24)27)12(4)17(28-19)18(21)26/h5-7,9-10H,8H2,1-4H3,(H2,21,26)(H,23,25). The molecule has 0 aliphatic rings. The van der Waals surface area contributed by atoms with Gasteiger partial charge in [0.05, 0.1) is 16.6 Å². The number of carbonyl (C=O) groups is 2. The monoisotopic (exact) mass is 398 g/mol. The quantitative estimate of drug-likeness (QED) is 0.689. The van der Waals surface area contributed by atoms with Gasteiger partial charge in [-0.15, -0.1) is 11.3 Å². The highest BCUT2D eigenvalue weighted by molar-refractivity contribution is 7.20. The van der Waals surface area contributed by atoms with E-state index in [1.165, 1.54) is 10.9 Å². The van der Waals surface area contributed by atoms with Crippen LogP contribution in [-0.2, 0) is 11.3 Å². The lowest BCUT2D eigenvalue weighted by Crippen LogP contribution is -2.28. The van der Waals surface area contributed by atoms with Crippen molar-refractivity contribution < 1.29 is 9.59 Å². The SMILES string of the molecule is Cc1cccc(C(C)C)c1NC(=O)Cn1cnc2sc(C(N)=O)c(C)c2c1=O. The minimum absolute atomic E-state index is 0.172. The van der Waals surface area contributed by atoms with E-state index in [2.05, 4.69) is 24.1 Å². The molecule has 3 aromatic rings. The number of anilines is 1. The number of hydrogen-bond acceptors (Lipinski definition) is 5. The first kappa shape index (κ1) is 19.8. The normalized spacial score (nSPS) is 11.2. The summed E-state index contributed by atoms with van der Waals surface area (Å²) in [6.45, 7) is 7.54. The molecule has 28 heavy (non-hydrogen) atoms. The van der Waals surface area contributed by atoms with Gasteiger partial charge in [0, 0.05) is 5.69 Å². The summed E-state index contributed by atoms with van der Waals surface area (Å²) in [5.41, 5.74) is 8.26. The zero-order valence-electron chi connectivity index (χ0n) is 16.2. The van der Waals surface area contributed by atoms with E-state index < -0.39 is 5.91 Å². The molecule has 0 bridgehead atoms. The number of rotatable bonds is 5. The summed E-state index contributed by atoms with van der Waals surface area (Å²) in [5, 5.41) is 3.25. The molecule has 7 nitrogen and oxygen atoms in total. The molecule has 0 fully saturated rings. The van der Waals surface area contributed by atoms with Crippen LogP contribution in [0.15, 0.2) is 29.3 Å². The van der Waals surface area contributed by atoms with Crippen molar-refractivity contribution in [2.24, 2.45) is 5.73 Å². The summed E-state index contributed by atoms with van der Waals surface area (Å²) in [6, 6.07) is 5.87. The van der Waals surface area contributed by atoms with Crippen LogP contribution in [0.3, 0.4) is 0 Å². The number of fused-ring (bicyclic) bond motifs is 1. The number of aromatic nitrogens is 2. The first-order valence-electron chi connectivity index (χ1n) is 8.88. The van der Waals surface area contributed by atoms with E-state index in [-0.39, 0.29) is 23.9 Å². The van der Waals surface area contributed by atoms with Gasteiger partial charge in [0.15, 0.2) is 0 Å². The minimum Gasteiger partial charge on any atom is -0.365 e. The highest BCUT2D eigenvalue weighted by atomic mass is 32.1. The van der Waals surface area contributed by atoms with Crippen LogP contribution in [0, 0.1) is 13.8 Å². The number of hydrogen-bond donors (Lipinski definition) is 2. The second-order valence-electron chi connectivity index (χ2n) is 7.02. The summed E-state index contributed by atoms with van der Waals surface area (Å²) >= 11 is 1.08. The Bertz CT molecular complexity index is 1140. The van der Waals surface area contributed by atoms with Crippen LogP contribution in [0.2, 0.25) is 0 Å². The predicted octanol–water partition coefficient (Wildman–Crippen LogP) is 2.94. The van der Waals surface area contributed by atoms with E-state index in [0.717, 1.165) is 28.2 Å². The molecule has 3 rings (SSSR count). The number of thiophene rings is 1. The Balaban J connectivity index is 1.93. The Morgan fingerprint density at radius 3 is 2.64 bits per heavy atom. The van der Waals surface area contributed by atoms with Crippen molar-refractivity contribution in [1.29, 1.82) is 0 Å². The molecule has 0 aliphatic carbocycles. The summed E-state index contributed by atoms with van der Waals surface area (Å²) in [5.74, 6) is -0.663. The zero-order valence-corrected chi connectivity index (χ0v) is 17.0. The fourth-order valence-electron chi connectivity index (χ4n) is 3.18. The topological polar surface area (TPSA) is 107 Å². The average molecular weight is 398 g/mol. The minimum atomic E-state index is -0.593. The lowest BCUT2D eigenvalue weighted by atomic mass is 9.98. The number of nitrogens with zero attached hydrogens (tertiary/aromatic N) is 2. The molecule has 8 heteroatoms. The molecule has 0 unspecified atom stereocenters. The van der Waals surface area contributed by atoms with Gasteiger partial charge in [0.2, 0.25) is 5.91 Å². The van der Waals surface area contributed by atoms with Crippen molar-refractivity contribution in [3.05, 3.63) is 56.4 Å². The van der Waals surface area contributed by atoms with E-state index in [4.69, 9.17) is 5.73 Å². The molecule has 0 saturated heterocycles. The number of para-hydroxylation sites is 1. The molecule has 3 N–H and O–H groups in total. The van der Waals surface area contributed by atoms with Gasteiger partial charge >= 0.3 is 0 Å². The first-order valence-corrected chi connectivity index (χ1v) is 9.70. The van der Waals surface area contributed by atoms with Crippen molar-refractivity contribution >= 4 is 39.1 Å². The van der Waals surface area contributed by atoms with Crippen LogP contribution in [0.25, 0.3) is 10.2 Å². The van der Waals surface area contributed by atoms with Crippen LogP contribution in [0.5, 0.6) is 0 Å². The second kappa shape index (κ2) is 7.55. The van der Waals surface area contributed by atoms with E-state index in [1.54, 1.807) is 6.92 Å². The Labute approximate surface area is 166 Å². The second-order valence-corrected chi connectivity index (χ2v) is 8.02. The number of amides is 2. The number of primary amides is 1. The molecule has 0 atom stereocenters. The van der Waals surface area contributed by atoms with E-state index in [9.17, 15) is 14.4 Å². The highest BCUT2D eigenvalue weighted by Crippen LogP contribution is 2.28. The predicted molar refractivity (Wildman–Crippen MR) is 111 cm³/mol. The van der Waals surface area contributed by atoms with Gasteiger partial charge in [-0.3, -0.25) is 19.0 Å². The highest BCUT2D eigenvalue weighted by Gasteiger charge is 2.19. The molecule has 2 aromatic heterocycles. The average Bonchev–Trinajstić information content (AvgIpc) is 2.96. The van der Waals surface area contributed by atoms with E-state index >= 15 is 0 Å². The fraction of sp³-hybridized carbons (Fsp3) is 0.300. The maximum atomic E-state index is 12.8. The molecule has 2 heterocycles. The van der Waals surface area contributed by atoms with Gasteiger partial charge in [-0.1, -0.05) is 32.0 Å². The molecular formula is C20H22N4O3S. The van der Waals surface area contributed by atoms with Crippen molar-refractivity contribution in [2.75, 3.05) is 5.32 Å². The van der Waals surface area contributed by atoms with E-state index in [1.807, 2.05) is 25.1 Å². The third-order valence-corrected chi connectivity index (χ3v) is 5.86. The summed E-state index contributed by atoms with van der Waals surface area (Å²) in [6.07, 6.45) is 1.33. The van der Waals surface area contributed by atoms with Gasteiger partial charge in [-0.2, -0.15) is 0 Å². The lowest BCUT2D eigenvalue weighted by Gasteiger charge is -2.16. The van der Waals surface area contributed by atoms with Crippen LogP contribution >= 0.6 is 11.3 Å². The van der Waals surface area contributed by atoms with Crippen molar-refractivity contribution in [2.45, 2.75) is 40.2 Å². The smallest absolute Gasteiger partial charge is 0.262 e. The van der Waals surface area contributed by atoms with Gasteiger partial charge in [0.1, 0.15) is 11.4 Å². The molecule has 0 aliphatic heterocycles. The number of aryl methyl sites for hydroxylation is 2. The Morgan fingerprint density at radius 2 is 2.00 bits per heavy atom. The maximum absolute atomic E-state index is 12.8. The molecule has 0 saturated carbocycles. The Hall–Kier alpha value is -3.00. The fourth-order valence-corrected chi connectivity index (χ4v) is 4.17. The van der Waals surface area contributed by atoms with Crippen LogP contribution in [0.4, 0.5) is 5.69 Å². The summed E-state index contributed by atoms with van der Waals surface area (Å²) < 4.78 is 1.25. The number of carbonyl (C=O) groups excluding carboxylic acids is 2. The van der Waals surface area contributed by atoms with Gasteiger partial charge in [-0.25, -0.2) is 4.98 Å². The van der Waals surface area contributed by atoms with Crippen LogP contribution < -0.4 is 16.6 Å². The molecule has 146 valence electrons. The van der Waals surface area contributed by atoms with Crippen molar-refractivity contribution in [1.82, 2.24) is 9.55 Å². The molecule has 0 spiro atoms. The third-order valence-electron chi connectivity index (χ3n) is 4.65. The zero-order chi connectivity index (χ0) is 20.6. The summed E-state index contributed by atoms with van der Waals surface area (Å²) in [7, 11) is 0. The molecule has 1 aromatic carbocycles. The first-order chi connectivity index (χ1) is 13.2.